The third kappa shape index (κ3) is 5.04. The molecule has 0 aromatic heterocycles. The zero-order valence-electron chi connectivity index (χ0n) is 11.2. The van der Waals surface area contributed by atoms with Gasteiger partial charge in [-0.15, -0.1) is 0 Å². The standard InChI is InChI=1S/C13H25N3O2/c1-2-3-5-10-6-4-7-11(10)16-13(18)9-15-12(17)8-14/h10-11H,2-9,14H2,1H3,(H,15,17)(H,16,18). The second-order valence-corrected chi connectivity index (χ2v) is 4.99. The number of nitrogens with two attached hydrogens (primary N) is 1. The average molecular weight is 255 g/mol. The highest BCUT2D eigenvalue weighted by Gasteiger charge is 2.27. The monoisotopic (exact) mass is 255 g/mol. The third-order valence-electron chi connectivity index (χ3n) is 3.57. The minimum Gasteiger partial charge on any atom is -0.352 e. The van der Waals surface area contributed by atoms with Gasteiger partial charge in [0, 0.05) is 6.04 Å². The maximum absolute atomic E-state index is 11.7. The molecule has 0 saturated heterocycles. The smallest absolute Gasteiger partial charge is 0.239 e. The molecule has 4 N–H and O–H groups in total. The van der Waals surface area contributed by atoms with E-state index in [0.717, 1.165) is 6.42 Å². The zero-order chi connectivity index (χ0) is 13.4. The molecule has 5 nitrogen and oxygen atoms in total. The summed E-state index contributed by atoms with van der Waals surface area (Å²) in [6, 6.07) is 0.291. The molecule has 1 aliphatic rings. The fourth-order valence-electron chi connectivity index (χ4n) is 2.55. The van der Waals surface area contributed by atoms with Crippen molar-refractivity contribution in [2.24, 2.45) is 11.7 Å². The van der Waals surface area contributed by atoms with E-state index in [2.05, 4.69) is 17.6 Å². The van der Waals surface area contributed by atoms with E-state index in [1.165, 1.54) is 32.1 Å². The van der Waals surface area contributed by atoms with Crippen molar-refractivity contribution < 1.29 is 9.59 Å². The molecule has 0 spiro atoms. The highest BCUT2D eigenvalue weighted by Crippen LogP contribution is 2.29. The fraction of sp³-hybridized carbons (Fsp3) is 0.846. The molecule has 1 fully saturated rings. The lowest BCUT2D eigenvalue weighted by Gasteiger charge is -2.21. The molecule has 0 aliphatic heterocycles. The minimum atomic E-state index is -0.292. The Balaban J connectivity index is 2.27. The van der Waals surface area contributed by atoms with Crippen LogP contribution in [-0.4, -0.2) is 30.9 Å². The summed E-state index contributed by atoms with van der Waals surface area (Å²) < 4.78 is 0. The van der Waals surface area contributed by atoms with Crippen molar-refractivity contribution in [3.05, 3.63) is 0 Å². The molecule has 0 radical (unpaired) electrons. The number of carbonyl (C=O) groups excluding carboxylic acids is 2. The van der Waals surface area contributed by atoms with Gasteiger partial charge in [0.25, 0.3) is 0 Å². The molecule has 2 unspecified atom stereocenters. The van der Waals surface area contributed by atoms with E-state index in [9.17, 15) is 9.59 Å². The van der Waals surface area contributed by atoms with Crippen LogP contribution in [0.2, 0.25) is 0 Å². The maximum Gasteiger partial charge on any atom is 0.239 e. The van der Waals surface area contributed by atoms with Gasteiger partial charge in [0.2, 0.25) is 11.8 Å². The molecule has 18 heavy (non-hydrogen) atoms. The summed E-state index contributed by atoms with van der Waals surface area (Å²) in [7, 11) is 0. The normalized spacial score (nSPS) is 22.8. The molecule has 5 heteroatoms. The van der Waals surface area contributed by atoms with Crippen molar-refractivity contribution in [1.82, 2.24) is 10.6 Å². The molecule has 0 aromatic rings. The Hall–Kier alpha value is -1.10. The van der Waals surface area contributed by atoms with Crippen molar-refractivity contribution >= 4 is 11.8 Å². The highest BCUT2D eigenvalue weighted by atomic mass is 16.2. The molecule has 104 valence electrons. The Morgan fingerprint density at radius 1 is 1.28 bits per heavy atom. The van der Waals surface area contributed by atoms with E-state index in [0.29, 0.717) is 12.0 Å². The number of carbonyl (C=O) groups is 2. The Morgan fingerprint density at radius 2 is 2.06 bits per heavy atom. The maximum atomic E-state index is 11.7. The second kappa shape index (κ2) is 8.08. The van der Waals surface area contributed by atoms with Gasteiger partial charge in [0.15, 0.2) is 0 Å². The predicted octanol–water partition coefficient (Wildman–Crippen LogP) is 0.536. The molecule has 1 saturated carbocycles. The van der Waals surface area contributed by atoms with E-state index in [-0.39, 0.29) is 24.9 Å². The first kappa shape index (κ1) is 15.0. The van der Waals surface area contributed by atoms with Crippen LogP contribution in [0, 0.1) is 5.92 Å². The number of nitrogens with one attached hydrogen (secondary N) is 2. The van der Waals surface area contributed by atoms with E-state index >= 15 is 0 Å². The van der Waals surface area contributed by atoms with Gasteiger partial charge >= 0.3 is 0 Å². The van der Waals surface area contributed by atoms with Crippen molar-refractivity contribution in [1.29, 1.82) is 0 Å². The summed E-state index contributed by atoms with van der Waals surface area (Å²) in [5, 5.41) is 5.51. The summed E-state index contributed by atoms with van der Waals surface area (Å²) in [5.41, 5.74) is 5.16. The van der Waals surface area contributed by atoms with Crippen LogP contribution in [0.15, 0.2) is 0 Å². The van der Waals surface area contributed by atoms with Crippen LogP contribution in [0.1, 0.15) is 45.4 Å². The first-order valence-electron chi connectivity index (χ1n) is 6.93. The second-order valence-electron chi connectivity index (χ2n) is 4.99. The Morgan fingerprint density at radius 3 is 2.72 bits per heavy atom. The molecule has 0 bridgehead atoms. The lowest BCUT2D eigenvalue weighted by Crippen LogP contribution is -2.44. The van der Waals surface area contributed by atoms with Crippen LogP contribution in [-0.2, 0) is 9.59 Å². The number of hydrogen-bond acceptors (Lipinski definition) is 3. The van der Waals surface area contributed by atoms with Crippen molar-refractivity contribution in [2.75, 3.05) is 13.1 Å². The van der Waals surface area contributed by atoms with Crippen molar-refractivity contribution in [3.63, 3.8) is 0 Å². The Kier molecular flexibility index (Phi) is 6.72. The van der Waals surface area contributed by atoms with Crippen LogP contribution in [0.5, 0.6) is 0 Å². The highest BCUT2D eigenvalue weighted by molar-refractivity contribution is 5.85. The molecule has 1 aliphatic carbocycles. The topological polar surface area (TPSA) is 84.2 Å². The van der Waals surface area contributed by atoms with Crippen LogP contribution in [0.3, 0.4) is 0 Å². The minimum absolute atomic E-state index is 0.0348. The van der Waals surface area contributed by atoms with Crippen LogP contribution in [0.25, 0.3) is 0 Å². The van der Waals surface area contributed by atoms with E-state index < -0.39 is 0 Å². The molecule has 2 amide bonds. The van der Waals surface area contributed by atoms with Gasteiger partial charge in [-0.2, -0.15) is 0 Å². The first-order chi connectivity index (χ1) is 8.67. The summed E-state index contributed by atoms with van der Waals surface area (Å²) in [4.78, 5) is 22.6. The Bertz CT molecular complexity index is 281. The quantitative estimate of drug-likeness (QED) is 0.620. The molecule has 0 heterocycles. The van der Waals surface area contributed by atoms with Crippen molar-refractivity contribution in [3.8, 4) is 0 Å². The average Bonchev–Trinajstić information content (AvgIpc) is 2.80. The third-order valence-corrected chi connectivity index (χ3v) is 3.57. The molecule has 0 aromatic carbocycles. The number of rotatable bonds is 7. The van der Waals surface area contributed by atoms with Crippen LogP contribution >= 0.6 is 0 Å². The number of amides is 2. The Labute approximate surface area is 109 Å². The molecule has 1 rings (SSSR count). The van der Waals surface area contributed by atoms with Gasteiger partial charge in [-0.25, -0.2) is 0 Å². The SMILES string of the molecule is CCCCC1CCCC1NC(=O)CNC(=O)CN. The summed E-state index contributed by atoms with van der Waals surface area (Å²) in [6.07, 6.45) is 7.07. The van der Waals surface area contributed by atoms with Gasteiger partial charge in [0.05, 0.1) is 13.1 Å². The number of hydrogen-bond donors (Lipinski definition) is 3. The van der Waals surface area contributed by atoms with Crippen LogP contribution < -0.4 is 16.4 Å². The lowest BCUT2D eigenvalue weighted by atomic mass is 9.97. The van der Waals surface area contributed by atoms with Crippen LogP contribution in [0.4, 0.5) is 0 Å². The van der Waals surface area contributed by atoms with E-state index in [4.69, 9.17) is 5.73 Å². The molecular formula is C13H25N3O2. The summed E-state index contributed by atoms with van der Waals surface area (Å²) in [6.45, 7) is 2.15. The summed E-state index contributed by atoms with van der Waals surface area (Å²) in [5.74, 6) is 0.211. The van der Waals surface area contributed by atoms with Gasteiger partial charge < -0.3 is 16.4 Å². The number of unbranched alkanes of at least 4 members (excludes halogenated alkanes) is 1. The summed E-state index contributed by atoms with van der Waals surface area (Å²) >= 11 is 0. The van der Waals surface area contributed by atoms with E-state index in [1.807, 2.05) is 0 Å². The van der Waals surface area contributed by atoms with Gasteiger partial charge in [0.1, 0.15) is 0 Å². The predicted molar refractivity (Wildman–Crippen MR) is 70.9 cm³/mol. The van der Waals surface area contributed by atoms with Gasteiger partial charge in [-0.05, 0) is 25.2 Å². The fourth-order valence-corrected chi connectivity index (χ4v) is 2.55. The zero-order valence-corrected chi connectivity index (χ0v) is 11.2. The van der Waals surface area contributed by atoms with Crippen molar-refractivity contribution in [2.45, 2.75) is 51.5 Å². The largest absolute Gasteiger partial charge is 0.352 e. The lowest BCUT2D eigenvalue weighted by molar-refractivity contribution is -0.125. The van der Waals surface area contributed by atoms with E-state index in [1.54, 1.807) is 0 Å². The van der Waals surface area contributed by atoms with Gasteiger partial charge in [-0.3, -0.25) is 9.59 Å². The molecular weight excluding hydrogens is 230 g/mol. The van der Waals surface area contributed by atoms with Gasteiger partial charge in [-0.1, -0.05) is 26.2 Å². The first-order valence-corrected chi connectivity index (χ1v) is 6.93. The molecule has 2 atom stereocenters.